The summed E-state index contributed by atoms with van der Waals surface area (Å²) in [6.45, 7) is 4.21. The predicted octanol–water partition coefficient (Wildman–Crippen LogP) is 2.34. The molecule has 1 aromatic heterocycles. The Bertz CT molecular complexity index is 635. The van der Waals surface area contributed by atoms with Crippen LogP contribution < -0.4 is 0 Å². The quantitative estimate of drug-likeness (QED) is 0.939. The normalized spacial score (nSPS) is 16.0. The Morgan fingerprint density at radius 1 is 1.33 bits per heavy atom. The van der Waals surface area contributed by atoms with Gasteiger partial charge in [0.25, 0.3) is 0 Å². The van der Waals surface area contributed by atoms with E-state index in [0.717, 1.165) is 43.4 Å². The minimum Gasteiger partial charge on any atom is -0.476 e. The number of hydrogen-bond acceptors (Lipinski definition) is 5. The molecule has 0 aliphatic carbocycles. The fraction of sp³-hybridized carbons (Fsp3) is 0.333. The molecule has 0 saturated carbocycles. The zero-order valence-electron chi connectivity index (χ0n) is 11.5. The molecule has 6 heteroatoms. The van der Waals surface area contributed by atoms with Gasteiger partial charge < -0.3 is 9.84 Å². The zero-order valence-corrected chi connectivity index (χ0v) is 12.3. The average molecular weight is 304 g/mol. The number of ether oxygens (including phenoxy) is 1. The van der Waals surface area contributed by atoms with Crippen LogP contribution >= 0.6 is 11.3 Å². The molecule has 2 aromatic rings. The van der Waals surface area contributed by atoms with Gasteiger partial charge in [-0.25, -0.2) is 9.78 Å². The van der Waals surface area contributed by atoms with E-state index in [9.17, 15) is 4.79 Å². The summed E-state index contributed by atoms with van der Waals surface area (Å²) in [5.41, 5.74) is 2.29. The monoisotopic (exact) mass is 304 g/mol. The zero-order chi connectivity index (χ0) is 14.7. The van der Waals surface area contributed by atoms with Crippen molar-refractivity contribution in [2.24, 2.45) is 0 Å². The van der Waals surface area contributed by atoms with Crippen LogP contribution in [0, 0.1) is 0 Å². The maximum absolute atomic E-state index is 11.0. The van der Waals surface area contributed by atoms with Gasteiger partial charge in [-0.05, 0) is 5.56 Å². The fourth-order valence-corrected chi connectivity index (χ4v) is 3.22. The third-order valence-corrected chi connectivity index (χ3v) is 4.34. The van der Waals surface area contributed by atoms with Gasteiger partial charge in [-0.2, -0.15) is 0 Å². The maximum atomic E-state index is 11.0. The minimum atomic E-state index is -0.983. The van der Waals surface area contributed by atoms with Crippen molar-refractivity contribution in [2.75, 3.05) is 26.3 Å². The summed E-state index contributed by atoms with van der Waals surface area (Å²) >= 11 is 1.37. The number of carboxylic acid groups (broad SMARTS) is 1. The molecule has 0 atom stereocenters. The van der Waals surface area contributed by atoms with Crippen LogP contribution in [-0.2, 0) is 11.3 Å². The first-order chi connectivity index (χ1) is 10.2. The molecule has 1 saturated heterocycles. The minimum absolute atomic E-state index is 0.108. The van der Waals surface area contributed by atoms with Crippen LogP contribution in [0.4, 0.5) is 0 Å². The summed E-state index contributed by atoms with van der Waals surface area (Å²) in [4.78, 5) is 17.5. The molecule has 1 aliphatic rings. The lowest BCUT2D eigenvalue weighted by molar-refractivity contribution is 0.0342. The molecule has 1 aliphatic heterocycles. The van der Waals surface area contributed by atoms with Crippen molar-refractivity contribution in [1.82, 2.24) is 9.88 Å². The molecule has 2 heterocycles. The molecule has 1 N–H and O–H groups in total. The number of nitrogens with zero attached hydrogens (tertiary/aromatic N) is 2. The first kappa shape index (κ1) is 14.2. The van der Waals surface area contributed by atoms with Crippen LogP contribution in [0.2, 0.25) is 0 Å². The SMILES string of the molecule is O=C(O)c1csc(-c2ccccc2CN2CCOCC2)n1. The maximum Gasteiger partial charge on any atom is 0.355 e. The lowest BCUT2D eigenvalue weighted by Crippen LogP contribution is -2.35. The fourth-order valence-electron chi connectivity index (χ4n) is 2.36. The number of aromatic nitrogens is 1. The van der Waals surface area contributed by atoms with Gasteiger partial charge in [0.2, 0.25) is 0 Å². The number of rotatable bonds is 4. The molecule has 21 heavy (non-hydrogen) atoms. The van der Waals surface area contributed by atoms with Crippen molar-refractivity contribution in [3.05, 3.63) is 40.9 Å². The number of benzene rings is 1. The number of carbonyl (C=O) groups is 1. The molecular formula is C15H16N2O3S. The Morgan fingerprint density at radius 2 is 2.10 bits per heavy atom. The van der Waals surface area contributed by atoms with Crippen molar-refractivity contribution in [3.8, 4) is 10.6 Å². The topological polar surface area (TPSA) is 62.7 Å². The lowest BCUT2D eigenvalue weighted by Gasteiger charge is -2.27. The summed E-state index contributed by atoms with van der Waals surface area (Å²) < 4.78 is 5.36. The molecule has 0 bridgehead atoms. The van der Waals surface area contributed by atoms with Crippen molar-refractivity contribution in [2.45, 2.75) is 6.54 Å². The Hall–Kier alpha value is -1.76. The molecule has 0 amide bonds. The number of hydrogen-bond donors (Lipinski definition) is 1. The number of carboxylic acids is 1. The second-order valence-corrected chi connectivity index (χ2v) is 5.75. The van der Waals surface area contributed by atoms with Crippen LogP contribution in [0.5, 0.6) is 0 Å². The first-order valence-electron chi connectivity index (χ1n) is 6.81. The highest BCUT2D eigenvalue weighted by Crippen LogP contribution is 2.28. The van der Waals surface area contributed by atoms with Crippen LogP contribution in [-0.4, -0.2) is 47.3 Å². The van der Waals surface area contributed by atoms with E-state index in [-0.39, 0.29) is 5.69 Å². The predicted molar refractivity (Wildman–Crippen MR) is 80.6 cm³/mol. The van der Waals surface area contributed by atoms with Crippen LogP contribution in [0.1, 0.15) is 16.1 Å². The average Bonchev–Trinajstić information content (AvgIpc) is 2.99. The second kappa shape index (κ2) is 6.34. The summed E-state index contributed by atoms with van der Waals surface area (Å²) in [5.74, 6) is -0.983. The van der Waals surface area contributed by atoms with Crippen LogP contribution in [0.3, 0.4) is 0 Å². The van der Waals surface area contributed by atoms with E-state index in [1.807, 2.05) is 18.2 Å². The van der Waals surface area contributed by atoms with Gasteiger partial charge >= 0.3 is 5.97 Å². The third-order valence-electron chi connectivity index (χ3n) is 3.47. The molecule has 0 unspecified atom stereocenters. The van der Waals surface area contributed by atoms with E-state index in [1.165, 1.54) is 16.9 Å². The van der Waals surface area contributed by atoms with Crippen molar-refractivity contribution < 1.29 is 14.6 Å². The van der Waals surface area contributed by atoms with Gasteiger partial charge in [-0.3, -0.25) is 4.90 Å². The molecule has 5 nitrogen and oxygen atoms in total. The Kier molecular flexibility index (Phi) is 4.28. The molecule has 110 valence electrons. The summed E-state index contributed by atoms with van der Waals surface area (Å²) in [6, 6.07) is 8.04. The van der Waals surface area contributed by atoms with Gasteiger partial charge in [0.1, 0.15) is 5.01 Å². The van der Waals surface area contributed by atoms with E-state index in [0.29, 0.717) is 0 Å². The smallest absolute Gasteiger partial charge is 0.355 e. The highest BCUT2D eigenvalue weighted by atomic mass is 32.1. The molecule has 0 radical (unpaired) electrons. The molecule has 1 aromatic carbocycles. The van der Waals surface area contributed by atoms with Crippen LogP contribution in [0.15, 0.2) is 29.6 Å². The highest BCUT2D eigenvalue weighted by molar-refractivity contribution is 7.13. The summed E-state index contributed by atoms with van der Waals surface area (Å²) in [5, 5.41) is 11.3. The highest BCUT2D eigenvalue weighted by Gasteiger charge is 2.16. The Labute approximate surface area is 126 Å². The van der Waals surface area contributed by atoms with Gasteiger partial charge in [0.15, 0.2) is 5.69 Å². The van der Waals surface area contributed by atoms with E-state index in [4.69, 9.17) is 9.84 Å². The molecule has 1 fully saturated rings. The molecular weight excluding hydrogens is 288 g/mol. The summed E-state index contributed by atoms with van der Waals surface area (Å²) in [6.07, 6.45) is 0. The number of morpholine rings is 1. The molecule has 3 rings (SSSR count). The van der Waals surface area contributed by atoms with Crippen LogP contribution in [0.25, 0.3) is 10.6 Å². The van der Waals surface area contributed by atoms with Crippen molar-refractivity contribution in [1.29, 1.82) is 0 Å². The lowest BCUT2D eigenvalue weighted by atomic mass is 10.1. The second-order valence-electron chi connectivity index (χ2n) is 4.89. The van der Waals surface area contributed by atoms with E-state index in [1.54, 1.807) is 5.38 Å². The third kappa shape index (κ3) is 3.29. The number of thiazole rings is 1. The first-order valence-corrected chi connectivity index (χ1v) is 7.69. The number of aromatic carboxylic acids is 1. The van der Waals surface area contributed by atoms with Gasteiger partial charge in [-0.1, -0.05) is 24.3 Å². The van der Waals surface area contributed by atoms with E-state index < -0.39 is 5.97 Å². The van der Waals surface area contributed by atoms with Crippen molar-refractivity contribution >= 4 is 17.3 Å². The Morgan fingerprint density at radius 3 is 2.81 bits per heavy atom. The van der Waals surface area contributed by atoms with Crippen molar-refractivity contribution in [3.63, 3.8) is 0 Å². The van der Waals surface area contributed by atoms with Gasteiger partial charge in [0, 0.05) is 30.6 Å². The van der Waals surface area contributed by atoms with E-state index >= 15 is 0 Å². The van der Waals surface area contributed by atoms with Gasteiger partial charge in [0.05, 0.1) is 13.2 Å². The molecule has 0 spiro atoms. The van der Waals surface area contributed by atoms with Gasteiger partial charge in [-0.15, -0.1) is 11.3 Å². The largest absolute Gasteiger partial charge is 0.476 e. The Balaban J connectivity index is 1.85. The standard InChI is InChI=1S/C15H16N2O3S/c18-15(19)13-10-21-14(16-13)12-4-2-1-3-11(12)9-17-5-7-20-8-6-17/h1-4,10H,5-9H2,(H,18,19). The van der Waals surface area contributed by atoms with E-state index in [2.05, 4.69) is 16.0 Å². The summed E-state index contributed by atoms with van der Waals surface area (Å²) in [7, 11) is 0.